The number of ether oxygens (including phenoxy) is 2. The minimum Gasteiger partial charge on any atom is -0.472 e. The first-order valence-electron chi connectivity index (χ1n) is 8.06. The van der Waals surface area contributed by atoms with Crippen molar-refractivity contribution in [1.29, 1.82) is 0 Å². The molecule has 1 aliphatic heterocycles. The zero-order chi connectivity index (χ0) is 16.2. The van der Waals surface area contributed by atoms with Gasteiger partial charge >= 0.3 is 0 Å². The van der Waals surface area contributed by atoms with Gasteiger partial charge < -0.3 is 14.4 Å². The van der Waals surface area contributed by atoms with Gasteiger partial charge in [-0.05, 0) is 26.3 Å². The van der Waals surface area contributed by atoms with Gasteiger partial charge in [0, 0.05) is 18.9 Å². The quantitative estimate of drug-likeness (QED) is 0.867. The molecule has 0 bridgehead atoms. The van der Waals surface area contributed by atoms with Crippen LogP contribution in [0.5, 0.6) is 5.88 Å². The van der Waals surface area contributed by atoms with Crippen LogP contribution in [0.1, 0.15) is 32.4 Å². The maximum atomic E-state index is 6.11. The molecule has 3 rings (SSSR count). The predicted octanol–water partition coefficient (Wildman–Crippen LogP) is 3.23. The second-order valence-electron chi connectivity index (χ2n) is 6.10. The average molecular weight is 313 g/mol. The first-order valence-corrected chi connectivity index (χ1v) is 8.06. The van der Waals surface area contributed by atoms with E-state index < -0.39 is 0 Å². The van der Waals surface area contributed by atoms with Gasteiger partial charge in [0.25, 0.3) is 5.88 Å². The highest BCUT2D eigenvalue weighted by atomic mass is 16.5. The molecule has 0 N–H and O–H groups in total. The first kappa shape index (κ1) is 15.7. The molecule has 23 heavy (non-hydrogen) atoms. The van der Waals surface area contributed by atoms with Crippen molar-refractivity contribution in [2.24, 2.45) is 0 Å². The fourth-order valence-electron chi connectivity index (χ4n) is 2.82. The summed E-state index contributed by atoms with van der Waals surface area (Å²) in [6.45, 7) is 7.58. The Hall–Kier alpha value is -2.14. The van der Waals surface area contributed by atoms with Gasteiger partial charge in [-0.15, -0.1) is 0 Å². The molecule has 0 aliphatic carbocycles. The van der Waals surface area contributed by atoms with Crippen LogP contribution < -0.4 is 9.64 Å². The van der Waals surface area contributed by atoms with E-state index in [2.05, 4.69) is 33.9 Å². The molecule has 1 aliphatic rings. The summed E-state index contributed by atoms with van der Waals surface area (Å²) in [4.78, 5) is 11.1. The standard InChI is InChI=1S/C18H23N3O2/c1-13(2)22-18-17(19-9-10-20-18)21-11-14(3)23-16(12-21)15-7-5-4-6-8-15/h4-10,13-14,16H,11-12H2,1-3H3. The van der Waals surface area contributed by atoms with E-state index in [1.807, 2.05) is 32.0 Å². The van der Waals surface area contributed by atoms with Crippen molar-refractivity contribution in [3.05, 3.63) is 48.3 Å². The lowest BCUT2D eigenvalue weighted by Crippen LogP contribution is -2.43. The molecule has 2 heterocycles. The zero-order valence-corrected chi connectivity index (χ0v) is 13.8. The maximum Gasteiger partial charge on any atom is 0.257 e. The molecule has 0 saturated carbocycles. The Morgan fingerprint density at radius 1 is 1.13 bits per heavy atom. The highest BCUT2D eigenvalue weighted by molar-refractivity contribution is 5.49. The van der Waals surface area contributed by atoms with Crippen molar-refractivity contribution in [3.8, 4) is 5.88 Å². The number of nitrogens with zero attached hydrogens (tertiary/aromatic N) is 3. The fraction of sp³-hybridized carbons (Fsp3) is 0.444. The lowest BCUT2D eigenvalue weighted by Gasteiger charge is -2.38. The highest BCUT2D eigenvalue weighted by Crippen LogP contribution is 2.31. The number of hydrogen-bond donors (Lipinski definition) is 0. The Balaban J connectivity index is 1.85. The third-order valence-corrected chi connectivity index (χ3v) is 3.73. The molecule has 1 saturated heterocycles. The Bertz CT molecular complexity index is 633. The van der Waals surface area contributed by atoms with E-state index >= 15 is 0 Å². The van der Waals surface area contributed by atoms with E-state index in [0.29, 0.717) is 5.88 Å². The summed E-state index contributed by atoms with van der Waals surface area (Å²) >= 11 is 0. The molecule has 0 amide bonds. The molecule has 2 unspecified atom stereocenters. The minimum absolute atomic E-state index is 0.0221. The summed E-state index contributed by atoms with van der Waals surface area (Å²) in [5.41, 5.74) is 1.18. The molecule has 0 radical (unpaired) electrons. The van der Waals surface area contributed by atoms with E-state index in [4.69, 9.17) is 9.47 Å². The lowest BCUT2D eigenvalue weighted by molar-refractivity contribution is -0.0178. The van der Waals surface area contributed by atoms with Gasteiger partial charge in [-0.1, -0.05) is 30.3 Å². The first-order chi connectivity index (χ1) is 11.1. The fourth-order valence-corrected chi connectivity index (χ4v) is 2.82. The molecule has 1 fully saturated rings. The van der Waals surface area contributed by atoms with Crippen LogP contribution in [0.2, 0.25) is 0 Å². The van der Waals surface area contributed by atoms with E-state index in [1.165, 1.54) is 5.56 Å². The van der Waals surface area contributed by atoms with Gasteiger partial charge in [0.1, 0.15) is 6.10 Å². The molecule has 0 spiro atoms. The van der Waals surface area contributed by atoms with Crippen molar-refractivity contribution in [1.82, 2.24) is 9.97 Å². The average Bonchev–Trinajstić information content (AvgIpc) is 2.55. The topological polar surface area (TPSA) is 47.5 Å². The largest absolute Gasteiger partial charge is 0.472 e. The third kappa shape index (κ3) is 3.79. The van der Waals surface area contributed by atoms with Crippen LogP contribution in [0.15, 0.2) is 42.7 Å². The summed E-state index contributed by atoms with van der Waals surface area (Å²) in [6, 6.07) is 10.3. The van der Waals surface area contributed by atoms with Crippen molar-refractivity contribution in [2.75, 3.05) is 18.0 Å². The number of anilines is 1. The maximum absolute atomic E-state index is 6.11. The van der Waals surface area contributed by atoms with Gasteiger partial charge in [0.2, 0.25) is 0 Å². The molecule has 122 valence electrons. The second kappa shape index (κ2) is 6.96. The number of hydrogen-bond acceptors (Lipinski definition) is 5. The monoisotopic (exact) mass is 313 g/mol. The van der Waals surface area contributed by atoms with Crippen molar-refractivity contribution >= 4 is 5.82 Å². The molecule has 5 nitrogen and oxygen atoms in total. The molecule has 2 aromatic rings. The minimum atomic E-state index is 0.0221. The SMILES string of the molecule is CC(C)Oc1nccnc1N1CC(C)OC(c2ccccc2)C1. The molecular weight excluding hydrogens is 290 g/mol. The summed E-state index contributed by atoms with van der Waals surface area (Å²) in [5, 5.41) is 0. The molecule has 1 aromatic heterocycles. The van der Waals surface area contributed by atoms with Crippen molar-refractivity contribution in [3.63, 3.8) is 0 Å². The summed E-state index contributed by atoms with van der Waals surface area (Å²) < 4.78 is 11.9. The Morgan fingerprint density at radius 2 is 1.87 bits per heavy atom. The van der Waals surface area contributed by atoms with Crippen LogP contribution in [-0.4, -0.2) is 35.3 Å². The molecule has 1 aromatic carbocycles. The van der Waals surface area contributed by atoms with Crippen LogP contribution in [0.3, 0.4) is 0 Å². The Morgan fingerprint density at radius 3 is 2.61 bits per heavy atom. The summed E-state index contributed by atoms with van der Waals surface area (Å²) in [6.07, 6.45) is 3.57. The highest BCUT2D eigenvalue weighted by Gasteiger charge is 2.29. The van der Waals surface area contributed by atoms with Gasteiger partial charge in [-0.2, -0.15) is 0 Å². The Labute approximate surface area is 137 Å². The van der Waals surface area contributed by atoms with Gasteiger partial charge in [-0.25, -0.2) is 9.97 Å². The smallest absolute Gasteiger partial charge is 0.257 e. The molecule has 5 heteroatoms. The second-order valence-corrected chi connectivity index (χ2v) is 6.10. The van der Waals surface area contributed by atoms with E-state index in [-0.39, 0.29) is 18.3 Å². The normalized spacial score (nSPS) is 21.5. The number of morpholine rings is 1. The number of rotatable bonds is 4. The van der Waals surface area contributed by atoms with Crippen LogP contribution in [-0.2, 0) is 4.74 Å². The van der Waals surface area contributed by atoms with E-state index in [1.54, 1.807) is 12.4 Å². The van der Waals surface area contributed by atoms with Crippen LogP contribution in [0.4, 0.5) is 5.82 Å². The number of benzene rings is 1. The van der Waals surface area contributed by atoms with E-state index in [0.717, 1.165) is 18.9 Å². The summed E-state index contributed by atoms with van der Waals surface area (Å²) in [7, 11) is 0. The van der Waals surface area contributed by atoms with Crippen LogP contribution in [0.25, 0.3) is 0 Å². The van der Waals surface area contributed by atoms with Crippen molar-refractivity contribution < 1.29 is 9.47 Å². The summed E-state index contributed by atoms with van der Waals surface area (Å²) in [5.74, 6) is 1.38. The van der Waals surface area contributed by atoms with E-state index in [9.17, 15) is 0 Å². The van der Waals surface area contributed by atoms with Gasteiger partial charge in [-0.3, -0.25) is 0 Å². The predicted molar refractivity (Wildman–Crippen MR) is 89.7 cm³/mol. The number of aromatic nitrogens is 2. The molecule has 2 atom stereocenters. The van der Waals surface area contributed by atoms with Crippen LogP contribution in [0, 0.1) is 0 Å². The lowest BCUT2D eigenvalue weighted by atomic mass is 10.1. The van der Waals surface area contributed by atoms with Crippen LogP contribution >= 0.6 is 0 Å². The van der Waals surface area contributed by atoms with Crippen molar-refractivity contribution in [2.45, 2.75) is 39.1 Å². The zero-order valence-electron chi connectivity index (χ0n) is 13.8. The Kier molecular flexibility index (Phi) is 4.76. The molecular formula is C18H23N3O2. The third-order valence-electron chi connectivity index (χ3n) is 3.73. The van der Waals surface area contributed by atoms with Gasteiger partial charge in [0.15, 0.2) is 5.82 Å². The van der Waals surface area contributed by atoms with Gasteiger partial charge in [0.05, 0.1) is 18.8 Å².